The lowest BCUT2D eigenvalue weighted by molar-refractivity contribution is 1.14. The van der Waals surface area contributed by atoms with Gasteiger partial charge in [0.2, 0.25) is 0 Å². The first-order valence-electron chi connectivity index (χ1n) is 10.2. The Bertz CT molecular complexity index is 1450. The van der Waals surface area contributed by atoms with E-state index in [-0.39, 0.29) is 0 Å². The molecule has 0 spiro atoms. The number of nitrogens with two attached hydrogens (primary N) is 1. The second-order valence-corrected chi connectivity index (χ2v) is 7.32. The van der Waals surface area contributed by atoms with Crippen LogP contribution in [0, 0.1) is 11.3 Å². The van der Waals surface area contributed by atoms with E-state index in [2.05, 4.69) is 11.1 Å². The molecule has 152 valence electrons. The molecule has 0 bridgehead atoms. The smallest absolute Gasteiger partial charge is 0.127 e. The third-order valence-electron chi connectivity index (χ3n) is 5.24. The number of anilines is 1. The molecule has 0 atom stereocenters. The highest BCUT2D eigenvalue weighted by Crippen LogP contribution is 2.33. The number of aromatic nitrogens is 1. The number of aliphatic imine (C=N–C) groups is 2. The zero-order valence-corrected chi connectivity index (χ0v) is 17.2. The summed E-state index contributed by atoms with van der Waals surface area (Å²) in [6.07, 6.45) is 7.74. The third-order valence-corrected chi connectivity index (χ3v) is 5.24. The minimum absolute atomic E-state index is 0.428. The van der Waals surface area contributed by atoms with Gasteiger partial charge in [-0.25, -0.2) is 9.98 Å². The highest BCUT2D eigenvalue weighted by Gasteiger charge is 2.16. The summed E-state index contributed by atoms with van der Waals surface area (Å²) in [5.74, 6) is 0.428. The lowest BCUT2D eigenvalue weighted by atomic mass is 10.1. The predicted molar refractivity (Wildman–Crippen MR) is 131 cm³/mol. The Morgan fingerprint density at radius 2 is 1.31 bits per heavy atom. The Kier molecular flexibility index (Phi) is 4.95. The summed E-state index contributed by atoms with van der Waals surface area (Å²) in [6.45, 7) is 0. The maximum Gasteiger partial charge on any atom is 0.127 e. The summed E-state index contributed by atoms with van der Waals surface area (Å²) >= 11 is 0. The highest BCUT2D eigenvalue weighted by atomic mass is 15.1. The molecule has 0 aliphatic heterocycles. The molecule has 0 amide bonds. The van der Waals surface area contributed by atoms with Crippen LogP contribution >= 0.6 is 0 Å². The van der Waals surface area contributed by atoms with Gasteiger partial charge in [0.15, 0.2) is 0 Å². The van der Waals surface area contributed by atoms with E-state index >= 15 is 0 Å². The van der Waals surface area contributed by atoms with Crippen LogP contribution in [0.5, 0.6) is 0 Å². The first-order valence-corrected chi connectivity index (χ1v) is 10.2. The first-order chi connectivity index (χ1) is 15.7. The molecule has 5 heteroatoms. The van der Waals surface area contributed by atoms with Gasteiger partial charge in [-0.1, -0.05) is 36.4 Å². The van der Waals surface area contributed by atoms with Crippen LogP contribution in [-0.4, -0.2) is 16.0 Å². The van der Waals surface area contributed by atoms with Crippen molar-refractivity contribution in [1.82, 2.24) is 4.57 Å². The summed E-state index contributed by atoms with van der Waals surface area (Å²) < 4.78 is 1.90. The molecule has 2 N–H and O–H groups in total. The molecule has 5 rings (SSSR count). The van der Waals surface area contributed by atoms with Crippen LogP contribution in [0.25, 0.3) is 16.6 Å². The topological polar surface area (TPSA) is 79.5 Å². The van der Waals surface area contributed by atoms with Crippen molar-refractivity contribution in [3.8, 4) is 11.8 Å². The molecule has 0 unspecified atom stereocenters. The number of nitrogens with zero attached hydrogens (tertiary/aromatic N) is 4. The summed E-state index contributed by atoms with van der Waals surface area (Å²) in [5.41, 5.74) is 11.9. The van der Waals surface area contributed by atoms with Gasteiger partial charge in [0.25, 0.3) is 0 Å². The van der Waals surface area contributed by atoms with Crippen LogP contribution in [0.4, 0.5) is 17.2 Å². The SMILES string of the molecule is N#Cc1c(N)n(-c2ccccc2)c2ccc(N=C3C=CC(=Nc4ccccc4)C=C3)cc12. The van der Waals surface area contributed by atoms with Crippen LogP contribution in [0.3, 0.4) is 0 Å². The largest absolute Gasteiger partial charge is 0.384 e. The molecule has 1 aliphatic carbocycles. The van der Waals surface area contributed by atoms with Gasteiger partial charge in [0.1, 0.15) is 17.5 Å². The summed E-state index contributed by atoms with van der Waals surface area (Å²) in [7, 11) is 0. The number of hydrogen-bond donors (Lipinski definition) is 1. The van der Waals surface area contributed by atoms with E-state index in [1.54, 1.807) is 0 Å². The molecule has 4 aromatic rings. The van der Waals surface area contributed by atoms with E-state index in [0.29, 0.717) is 11.4 Å². The minimum atomic E-state index is 0.428. The molecule has 0 fully saturated rings. The molecule has 1 heterocycles. The Hall–Kier alpha value is -4.69. The van der Waals surface area contributed by atoms with Crippen molar-refractivity contribution in [3.05, 3.63) is 109 Å². The van der Waals surface area contributed by atoms with Crippen molar-refractivity contribution in [1.29, 1.82) is 5.26 Å². The lowest BCUT2D eigenvalue weighted by Gasteiger charge is -2.08. The van der Waals surface area contributed by atoms with Crippen molar-refractivity contribution in [2.24, 2.45) is 9.98 Å². The molecule has 32 heavy (non-hydrogen) atoms. The standard InChI is InChI=1S/C27H19N5/c28-18-25-24-17-22(15-16-26(24)32(27(25)29)23-9-5-2-6-10-23)31-21-13-11-20(12-14-21)30-19-7-3-1-4-8-19/h1-17H,29H2. The van der Waals surface area contributed by atoms with Crippen molar-refractivity contribution >= 4 is 39.5 Å². The molecule has 0 saturated carbocycles. The quantitative estimate of drug-likeness (QED) is 0.415. The second-order valence-electron chi connectivity index (χ2n) is 7.32. The number of fused-ring (bicyclic) bond motifs is 1. The molecular weight excluding hydrogens is 394 g/mol. The molecule has 1 aromatic heterocycles. The number of nitrogen functional groups attached to an aromatic ring is 1. The fourth-order valence-corrected chi connectivity index (χ4v) is 3.74. The Morgan fingerprint density at radius 3 is 1.94 bits per heavy atom. The number of nitriles is 1. The van der Waals surface area contributed by atoms with Crippen LogP contribution in [-0.2, 0) is 0 Å². The second kappa shape index (κ2) is 8.21. The molecule has 5 nitrogen and oxygen atoms in total. The number of allylic oxidation sites excluding steroid dienone is 4. The minimum Gasteiger partial charge on any atom is -0.384 e. The summed E-state index contributed by atoms with van der Waals surface area (Å²) in [6, 6.07) is 27.7. The van der Waals surface area contributed by atoms with Gasteiger partial charge in [-0.05, 0) is 66.8 Å². The molecule has 0 radical (unpaired) electrons. The molecular formula is C27H19N5. The monoisotopic (exact) mass is 413 g/mol. The lowest BCUT2D eigenvalue weighted by Crippen LogP contribution is -2.00. The molecule has 3 aromatic carbocycles. The van der Waals surface area contributed by atoms with Gasteiger partial charge in [-0.15, -0.1) is 0 Å². The van der Waals surface area contributed by atoms with Crippen LogP contribution in [0.1, 0.15) is 5.56 Å². The first kappa shape index (κ1) is 19.3. The number of benzene rings is 3. The van der Waals surface area contributed by atoms with Gasteiger partial charge in [-0.3, -0.25) is 4.57 Å². The maximum absolute atomic E-state index is 9.72. The van der Waals surface area contributed by atoms with Gasteiger partial charge >= 0.3 is 0 Å². The van der Waals surface area contributed by atoms with Crippen LogP contribution in [0.15, 0.2) is 113 Å². The fourth-order valence-electron chi connectivity index (χ4n) is 3.74. The summed E-state index contributed by atoms with van der Waals surface area (Å²) in [5, 5.41) is 10.5. The average Bonchev–Trinajstić information content (AvgIpc) is 3.12. The molecule has 0 saturated heterocycles. The van der Waals surface area contributed by atoms with Gasteiger partial charge in [0, 0.05) is 11.1 Å². The van der Waals surface area contributed by atoms with Crippen molar-refractivity contribution < 1.29 is 0 Å². The Balaban J connectivity index is 1.50. The van der Waals surface area contributed by atoms with Crippen LogP contribution in [0.2, 0.25) is 0 Å². The molecule has 1 aliphatic rings. The third kappa shape index (κ3) is 3.62. The van der Waals surface area contributed by atoms with E-state index in [4.69, 9.17) is 10.7 Å². The fraction of sp³-hybridized carbons (Fsp3) is 0. The van der Waals surface area contributed by atoms with E-state index < -0.39 is 0 Å². The Morgan fingerprint density at radius 1 is 0.719 bits per heavy atom. The van der Waals surface area contributed by atoms with Crippen molar-refractivity contribution in [2.75, 3.05) is 5.73 Å². The zero-order valence-electron chi connectivity index (χ0n) is 17.2. The van der Waals surface area contributed by atoms with Gasteiger partial charge in [-0.2, -0.15) is 5.26 Å². The van der Waals surface area contributed by atoms with Crippen molar-refractivity contribution in [2.45, 2.75) is 0 Å². The summed E-state index contributed by atoms with van der Waals surface area (Å²) in [4.78, 5) is 9.33. The normalized spacial score (nSPS) is 12.7. The Labute approximate surface area is 185 Å². The number of para-hydroxylation sites is 2. The van der Waals surface area contributed by atoms with Crippen LogP contribution < -0.4 is 5.73 Å². The highest BCUT2D eigenvalue weighted by molar-refractivity contribution is 6.19. The van der Waals surface area contributed by atoms with Gasteiger partial charge in [0.05, 0.1) is 28.3 Å². The van der Waals surface area contributed by atoms with E-state index in [1.807, 2.05) is 108 Å². The van der Waals surface area contributed by atoms with Gasteiger partial charge < -0.3 is 5.73 Å². The van der Waals surface area contributed by atoms with E-state index in [0.717, 1.165) is 39.4 Å². The van der Waals surface area contributed by atoms with Crippen molar-refractivity contribution in [3.63, 3.8) is 0 Å². The van der Waals surface area contributed by atoms with E-state index in [9.17, 15) is 5.26 Å². The number of hydrogen-bond acceptors (Lipinski definition) is 4. The average molecular weight is 413 g/mol. The maximum atomic E-state index is 9.72. The zero-order chi connectivity index (χ0) is 21.9. The number of rotatable bonds is 3. The predicted octanol–water partition coefficient (Wildman–Crippen LogP) is 6.06. The van der Waals surface area contributed by atoms with E-state index in [1.165, 1.54) is 0 Å².